The van der Waals surface area contributed by atoms with E-state index in [1.54, 1.807) is 18.2 Å². The number of sulfone groups is 2. The summed E-state index contributed by atoms with van der Waals surface area (Å²) in [5.74, 6) is -0.122. The monoisotopic (exact) mass is 373 g/mol. The van der Waals surface area contributed by atoms with Crippen molar-refractivity contribution in [2.45, 2.75) is 36.0 Å². The van der Waals surface area contributed by atoms with E-state index in [9.17, 15) is 16.8 Å². The van der Waals surface area contributed by atoms with Gasteiger partial charge in [0, 0.05) is 6.04 Å². The van der Waals surface area contributed by atoms with Gasteiger partial charge in [-0.1, -0.05) is 6.07 Å². The van der Waals surface area contributed by atoms with Crippen molar-refractivity contribution in [3.05, 3.63) is 23.8 Å². The lowest BCUT2D eigenvalue weighted by Crippen LogP contribution is -2.45. The number of benzene rings is 1. The normalized spacial score (nSPS) is 27.4. The van der Waals surface area contributed by atoms with Gasteiger partial charge in [0.15, 0.2) is 19.7 Å². The topological polar surface area (TPSA) is 80.8 Å². The van der Waals surface area contributed by atoms with Gasteiger partial charge in [0.05, 0.1) is 23.9 Å². The van der Waals surface area contributed by atoms with Gasteiger partial charge in [-0.2, -0.15) is 0 Å². The quantitative estimate of drug-likeness (QED) is 0.784. The van der Waals surface area contributed by atoms with Gasteiger partial charge in [0.2, 0.25) is 0 Å². The lowest BCUT2D eigenvalue weighted by molar-refractivity contribution is 0.264. The molecule has 134 valence electrons. The molecule has 2 aliphatic rings. The van der Waals surface area contributed by atoms with Crippen LogP contribution < -0.4 is 4.74 Å². The third-order valence-electron chi connectivity index (χ3n) is 4.91. The fourth-order valence-corrected chi connectivity index (χ4v) is 8.75. The molecule has 2 atom stereocenters. The van der Waals surface area contributed by atoms with Crippen LogP contribution in [0.1, 0.15) is 18.4 Å². The maximum absolute atomic E-state index is 13.3. The Morgan fingerprint density at radius 3 is 2.46 bits per heavy atom. The van der Waals surface area contributed by atoms with Crippen molar-refractivity contribution in [1.29, 1.82) is 0 Å². The second-order valence-corrected chi connectivity index (χ2v) is 10.9. The Balaban J connectivity index is 2.05. The molecule has 0 radical (unpaired) electrons. The summed E-state index contributed by atoms with van der Waals surface area (Å²) < 4.78 is 56.1. The SMILES string of the molecule is COc1ccc(C)cc1S(=O)(=O)[C@@H]1CS(=O)(=O)C[C@@H]1N1CCCC1. The summed E-state index contributed by atoms with van der Waals surface area (Å²) in [6.07, 6.45) is 1.97. The van der Waals surface area contributed by atoms with Gasteiger partial charge in [-0.25, -0.2) is 16.8 Å². The van der Waals surface area contributed by atoms with Crippen LogP contribution in [0.4, 0.5) is 0 Å². The Labute approximate surface area is 143 Å². The van der Waals surface area contributed by atoms with E-state index in [4.69, 9.17) is 4.74 Å². The molecule has 2 aliphatic heterocycles. The van der Waals surface area contributed by atoms with Crippen LogP contribution in [0.15, 0.2) is 23.1 Å². The van der Waals surface area contributed by atoms with Crippen molar-refractivity contribution in [3.8, 4) is 5.75 Å². The minimum Gasteiger partial charge on any atom is -0.495 e. The second-order valence-electron chi connectivity index (χ2n) is 6.63. The van der Waals surface area contributed by atoms with E-state index in [1.807, 2.05) is 11.8 Å². The summed E-state index contributed by atoms with van der Waals surface area (Å²) in [7, 11) is -5.75. The molecule has 2 fully saturated rings. The lowest BCUT2D eigenvalue weighted by atomic mass is 10.2. The average molecular weight is 373 g/mol. The zero-order chi connectivity index (χ0) is 17.5. The van der Waals surface area contributed by atoms with Crippen molar-refractivity contribution in [3.63, 3.8) is 0 Å². The summed E-state index contributed by atoms with van der Waals surface area (Å²) in [4.78, 5) is 2.12. The molecule has 3 rings (SSSR count). The first kappa shape index (κ1) is 17.7. The first-order valence-corrected chi connectivity index (χ1v) is 11.4. The molecule has 0 N–H and O–H groups in total. The lowest BCUT2D eigenvalue weighted by Gasteiger charge is -2.28. The molecule has 8 heteroatoms. The molecule has 0 amide bonds. The zero-order valence-electron chi connectivity index (χ0n) is 13.9. The third-order valence-corrected chi connectivity index (χ3v) is 9.04. The third kappa shape index (κ3) is 3.19. The Morgan fingerprint density at radius 2 is 1.83 bits per heavy atom. The van der Waals surface area contributed by atoms with Gasteiger partial charge in [-0.3, -0.25) is 4.90 Å². The van der Waals surface area contributed by atoms with Crippen LogP contribution in [0.3, 0.4) is 0 Å². The molecule has 0 aromatic heterocycles. The molecule has 2 heterocycles. The van der Waals surface area contributed by atoms with Crippen LogP contribution in [-0.4, -0.2) is 64.7 Å². The van der Waals surface area contributed by atoms with Gasteiger partial charge in [-0.05, 0) is 50.6 Å². The second kappa shape index (κ2) is 6.31. The average Bonchev–Trinajstić information content (AvgIpc) is 3.14. The molecule has 24 heavy (non-hydrogen) atoms. The molecular weight excluding hydrogens is 350 g/mol. The zero-order valence-corrected chi connectivity index (χ0v) is 15.6. The highest BCUT2D eigenvalue weighted by Gasteiger charge is 2.49. The van der Waals surface area contributed by atoms with E-state index in [0.717, 1.165) is 31.5 Å². The van der Waals surface area contributed by atoms with E-state index in [-0.39, 0.29) is 22.2 Å². The van der Waals surface area contributed by atoms with E-state index < -0.39 is 31.0 Å². The number of likely N-dealkylation sites (tertiary alicyclic amines) is 1. The highest BCUT2D eigenvalue weighted by molar-refractivity contribution is 7.96. The summed E-state index contributed by atoms with van der Waals surface area (Å²) >= 11 is 0. The molecule has 1 aromatic carbocycles. The van der Waals surface area contributed by atoms with Crippen LogP contribution in [0.25, 0.3) is 0 Å². The highest BCUT2D eigenvalue weighted by Crippen LogP contribution is 2.34. The standard InChI is InChI=1S/C16H23NO5S2/c1-12-5-6-14(22-2)15(9-12)24(20,21)16-11-23(18,19)10-13(16)17-7-3-4-8-17/h5-6,9,13,16H,3-4,7-8,10-11H2,1-2H3/t13-,16+/m0/s1. The van der Waals surface area contributed by atoms with Crippen molar-refractivity contribution in [1.82, 2.24) is 4.90 Å². The van der Waals surface area contributed by atoms with Gasteiger partial charge >= 0.3 is 0 Å². The number of hydrogen-bond acceptors (Lipinski definition) is 6. The fourth-order valence-electron chi connectivity index (χ4n) is 3.68. The van der Waals surface area contributed by atoms with Crippen LogP contribution in [0.5, 0.6) is 5.75 Å². The molecule has 6 nitrogen and oxygen atoms in total. The number of aryl methyl sites for hydroxylation is 1. The van der Waals surface area contributed by atoms with Crippen molar-refractivity contribution in [2.24, 2.45) is 0 Å². The van der Waals surface area contributed by atoms with Crippen LogP contribution in [0.2, 0.25) is 0 Å². The predicted octanol–water partition coefficient (Wildman–Crippen LogP) is 1.04. The van der Waals surface area contributed by atoms with Gasteiger partial charge < -0.3 is 4.74 Å². The summed E-state index contributed by atoms with van der Waals surface area (Å²) in [6, 6.07) is 4.51. The summed E-state index contributed by atoms with van der Waals surface area (Å²) in [5.41, 5.74) is 0.799. The Bertz CT molecular complexity index is 826. The van der Waals surface area contributed by atoms with E-state index in [1.165, 1.54) is 7.11 Å². The molecule has 0 saturated carbocycles. The number of ether oxygens (including phenoxy) is 1. The maximum atomic E-state index is 13.3. The molecule has 0 bridgehead atoms. The molecule has 1 aromatic rings. The van der Waals surface area contributed by atoms with E-state index in [2.05, 4.69) is 0 Å². The minimum atomic E-state index is -3.81. The maximum Gasteiger partial charge on any atom is 0.187 e. The van der Waals surface area contributed by atoms with Crippen molar-refractivity contribution >= 4 is 19.7 Å². The minimum absolute atomic E-state index is 0.0783. The summed E-state index contributed by atoms with van der Waals surface area (Å²) in [6.45, 7) is 3.33. The van der Waals surface area contributed by atoms with E-state index >= 15 is 0 Å². The molecule has 0 unspecified atom stereocenters. The van der Waals surface area contributed by atoms with Gasteiger partial charge in [0.1, 0.15) is 10.6 Å². The largest absolute Gasteiger partial charge is 0.495 e. The van der Waals surface area contributed by atoms with Crippen molar-refractivity contribution in [2.75, 3.05) is 31.7 Å². The number of hydrogen-bond donors (Lipinski definition) is 0. The van der Waals surface area contributed by atoms with Gasteiger partial charge in [0.25, 0.3) is 0 Å². The van der Waals surface area contributed by atoms with Crippen LogP contribution in [0, 0.1) is 6.92 Å². The fraction of sp³-hybridized carbons (Fsp3) is 0.625. The molecule has 2 saturated heterocycles. The Kier molecular flexibility index (Phi) is 4.65. The molecular formula is C16H23NO5S2. The number of methoxy groups -OCH3 is 1. The molecule has 0 spiro atoms. The molecule has 0 aliphatic carbocycles. The first-order chi connectivity index (χ1) is 11.2. The van der Waals surface area contributed by atoms with Gasteiger partial charge in [-0.15, -0.1) is 0 Å². The number of rotatable bonds is 4. The summed E-state index contributed by atoms with van der Waals surface area (Å²) in [5, 5.41) is -0.934. The van der Waals surface area contributed by atoms with Crippen molar-refractivity contribution < 1.29 is 21.6 Å². The first-order valence-electron chi connectivity index (χ1n) is 8.07. The van der Waals surface area contributed by atoms with Crippen LogP contribution >= 0.6 is 0 Å². The number of nitrogens with zero attached hydrogens (tertiary/aromatic N) is 1. The Hall–Kier alpha value is -1.12. The van der Waals surface area contributed by atoms with Crippen LogP contribution in [-0.2, 0) is 19.7 Å². The predicted molar refractivity (Wildman–Crippen MR) is 92.0 cm³/mol. The highest BCUT2D eigenvalue weighted by atomic mass is 32.2. The smallest absolute Gasteiger partial charge is 0.187 e. The van der Waals surface area contributed by atoms with E-state index in [0.29, 0.717) is 0 Å². The Morgan fingerprint density at radius 1 is 1.17 bits per heavy atom.